The van der Waals surface area contributed by atoms with Crippen molar-refractivity contribution in [3.8, 4) is 11.1 Å². The van der Waals surface area contributed by atoms with Gasteiger partial charge in [-0.3, -0.25) is 4.79 Å². The summed E-state index contributed by atoms with van der Waals surface area (Å²) in [6.45, 7) is 0.233. The molecule has 0 saturated heterocycles. The highest BCUT2D eigenvalue weighted by Gasteiger charge is 2.17. The zero-order chi connectivity index (χ0) is 15.4. The Hall–Kier alpha value is -1.91. The van der Waals surface area contributed by atoms with Crippen LogP contribution in [0.2, 0.25) is 5.02 Å². The third-order valence-electron chi connectivity index (χ3n) is 3.24. The first-order valence-corrected chi connectivity index (χ1v) is 6.74. The molecule has 1 amide bonds. The van der Waals surface area contributed by atoms with Gasteiger partial charge in [-0.15, -0.1) is 0 Å². The highest BCUT2D eigenvalue weighted by Crippen LogP contribution is 2.26. The van der Waals surface area contributed by atoms with Crippen LogP contribution in [0.5, 0.6) is 0 Å². The van der Waals surface area contributed by atoms with Crippen LogP contribution < -0.4 is 5.73 Å². The van der Waals surface area contributed by atoms with E-state index < -0.39 is 17.6 Å². The molecule has 0 aliphatic heterocycles. The fourth-order valence-electron chi connectivity index (χ4n) is 2.09. The van der Waals surface area contributed by atoms with Gasteiger partial charge in [-0.2, -0.15) is 0 Å². The topological polar surface area (TPSA) is 52.3 Å². The van der Waals surface area contributed by atoms with Gasteiger partial charge in [-0.25, -0.2) is 4.39 Å². The number of carbonyl (C=O) groups excluding carboxylic acids is 1. The highest BCUT2D eigenvalue weighted by atomic mass is 35.5. The molecule has 0 aromatic heterocycles. The molecule has 0 fully saturated rings. The van der Waals surface area contributed by atoms with E-state index in [4.69, 9.17) is 22.1 Å². The van der Waals surface area contributed by atoms with Gasteiger partial charge < -0.3 is 10.5 Å². The minimum atomic E-state index is -0.485. The minimum Gasteiger partial charge on any atom is -0.384 e. The Morgan fingerprint density at radius 3 is 2.38 bits per heavy atom. The lowest BCUT2D eigenvalue weighted by Gasteiger charge is -2.13. The standard InChI is InChI=1S/C16H15ClFNO2/c1-21-9-13(16(19)20)11-4-2-10(3-5-11)12-6-7-15(18)14(17)8-12/h2-8,13H,9H2,1H3,(H2,19,20). The molecule has 0 aliphatic rings. The van der Waals surface area contributed by atoms with Crippen LogP contribution in [0.25, 0.3) is 11.1 Å². The number of nitrogens with two attached hydrogens (primary N) is 1. The molecule has 3 nitrogen and oxygen atoms in total. The molecule has 1 atom stereocenters. The maximum Gasteiger partial charge on any atom is 0.227 e. The molecule has 0 spiro atoms. The maximum atomic E-state index is 13.2. The zero-order valence-corrected chi connectivity index (χ0v) is 12.2. The lowest BCUT2D eigenvalue weighted by atomic mass is 9.96. The van der Waals surface area contributed by atoms with Gasteiger partial charge >= 0.3 is 0 Å². The highest BCUT2D eigenvalue weighted by molar-refractivity contribution is 6.31. The first-order valence-electron chi connectivity index (χ1n) is 6.36. The summed E-state index contributed by atoms with van der Waals surface area (Å²) < 4.78 is 18.2. The zero-order valence-electron chi connectivity index (χ0n) is 11.5. The Kier molecular flexibility index (Phi) is 4.94. The molecular formula is C16H15ClFNO2. The van der Waals surface area contributed by atoms with Gasteiger partial charge in [-0.05, 0) is 28.8 Å². The molecule has 0 saturated carbocycles. The molecule has 110 valence electrons. The van der Waals surface area contributed by atoms with Crippen molar-refractivity contribution in [1.82, 2.24) is 0 Å². The minimum absolute atomic E-state index is 0.0750. The summed E-state index contributed by atoms with van der Waals surface area (Å²) in [6, 6.07) is 11.8. The van der Waals surface area contributed by atoms with E-state index in [0.29, 0.717) is 0 Å². The molecule has 0 radical (unpaired) electrons. The monoisotopic (exact) mass is 307 g/mol. The van der Waals surface area contributed by atoms with Crippen LogP contribution in [0, 0.1) is 5.82 Å². The van der Waals surface area contributed by atoms with Crippen molar-refractivity contribution in [3.63, 3.8) is 0 Å². The largest absolute Gasteiger partial charge is 0.384 e. The third kappa shape index (κ3) is 3.60. The summed E-state index contributed by atoms with van der Waals surface area (Å²) in [5.74, 6) is -1.37. The van der Waals surface area contributed by atoms with E-state index in [1.807, 2.05) is 12.1 Å². The van der Waals surface area contributed by atoms with E-state index in [-0.39, 0.29) is 11.6 Å². The average Bonchev–Trinajstić information content (AvgIpc) is 2.47. The number of primary amides is 1. The van der Waals surface area contributed by atoms with E-state index in [1.54, 1.807) is 24.3 Å². The molecule has 0 aliphatic carbocycles. The first-order chi connectivity index (χ1) is 10.0. The van der Waals surface area contributed by atoms with Crippen LogP contribution >= 0.6 is 11.6 Å². The Bertz CT molecular complexity index is 643. The number of halogens is 2. The summed E-state index contributed by atoms with van der Waals surface area (Å²) >= 11 is 5.78. The van der Waals surface area contributed by atoms with Gasteiger partial charge in [-0.1, -0.05) is 41.9 Å². The number of carbonyl (C=O) groups is 1. The van der Waals surface area contributed by atoms with Gasteiger partial charge in [0.15, 0.2) is 0 Å². The number of benzene rings is 2. The predicted molar refractivity (Wildman–Crippen MR) is 80.7 cm³/mol. The number of hydrogen-bond acceptors (Lipinski definition) is 2. The van der Waals surface area contributed by atoms with E-state index in [0.717, 1.165) is 16.7 Å². The van der Waals surface area contributed by atoms with Crippen LogP contribution in [0.3, 0.4) is 0 Å². The van der Waals surface area contributed by atoms with Gasteiger partial charge in [0.2, 0.25) is 5.91 Å². The van der Waals surface area contributed by atoms with Crippen LogP contribution in [0.4, 0.5) is 4.39 Å². The molecule has 0 bridgehead atoms. The molecule has 1 unspecified atom stereocenters. The summed E-state index contributed by atoms with van der Waals surface area (Å²) in [4.78, 5) is 11.4. The second-order valence-electron chi connectivity index (χ2n) is 4.66. The number of methoxy groups -OCH3 is 1. The van der Waals surface area contributed by atoms with Crippen molar-refractivity contribution >= 4 is 17.5 Å². The molecule has 5 heteroatoms. The Morgan fingerprint density at radius 1 is 1.24 bits per heavy atom. The van der Waals surface area contributed by atoms with Gasteiger partial charge in [0.05, 0.1) is 17.5 Å². The van der Waals surface area contributed by atoms with Crippen molar-refractivity contribution in [2.24, 2.45) is 5.73 Å². The van der Waals surface area contributed by atoms with Gasteiger partial charge in [0, 0.05) is 7.11 Å². The third-order valence-corrected chi connectivity index (χ3v) is 3.53. The second-order valence-corrected chi connectivity index (χ2v) is 5.07. The average molecular weight is 308 g/mol. The van der Waals surface area contributed by atoms with E-state index in [2.05, 4.69) is 0 Å². The van der Waals surface area contributed by atoms with Crippen LogP contribution in [0.1, 0.15) is 11.5 Å². The first kappa shape index (κ1) is 15.5. The Balaban J connectivity index is 2.29. The lowest BCUT2D eigenvalue weighted by molar-refractivity contribution is -0.120. The van der Waals surface area contributed by atoms with Gasteiger partial charge in [0.25, 0.3) is 0 Å². The smallest absolute Gasteiger partial charge is 0.227 e. The lowest BCUT2D eigenvalue weighted by Crippen LogP contribution is -2.24. The maximum absolute atomic E-state index is 13.2. The number of ether oxygens (including phenoxy) is 1. The van der Waals surface area contributed by atoms with Crippen molar-refractivity contribution in [3.05, 3.63) is 58.9 Å². The number of amides is 1. The fraction of sp³-hybridized carbons (Fsp3) is 0.188. The summed E-state index contributed by atoms with van der Waals surface area (Å²) in [5, 5.41) is 0.0750. The SMILES string of the molecule is COCC(C(N)=O)c1ccc(-c2ccc(F)c(Cl)c2)cc1. The summed E-state index contributed by atoms with van der Waals surface area (Å²) in [6.07, 6.45) is 0. The molecule has 21 heavy (non-hydrogen) atoms. The van der Waals surface area contributed by atoms with Crippen molar-refractivity contribution in [2.45, 2.75) is 5.92 Å². The van der Waals surface area contributed by atoms with E-state index in [1.165, 1.54) is 13.2 Å². The molecule has 2 N–H and O–H groups in total. The number of rotatable bonds is 5. The van der Waals surface area contributed by atoms with Gasteiger partial charge in [0.1, 0.15) is 5.82 Å². The van der Waals surface area contributed by atoms with Crippen LogP contribution in [0.15, 0.2) is 42.5 Å². The number of hydrogen-bond donors (Lipinski definition) is 1. The molecule has 2 rings (SSSR count). The Labute approximate surface area is 127 Å². The van der Waals surface area contributed by atoms with E-state index >= 15 is 0 Å². The van der Waals surface area contributed by atoms with Crippen molar-refractivity contribution in [1.29, 1.82) is 0 Å². The Morgan fingerprint density at radius 2 is 1.86 bits per heavy atom. The predicted octanol–water partition coefficient (Wildman–Crippen LogP) is 3.36. The normalized spacial score (nSPS) is 12.1. The van der Waals surface area contributed by atoms with Crippen LogP contribution in [-0.4, -0.2) is 19.6 Å². The molecule has 2 aromatic rings. The van der Waals surface area contributed by atoms with Crippen LogP contribution in [-0.2, 0) is 9.53 Å². The van der Waals surface area contributed by atoms with Crippen molar-refractivity contribution in [2.75, 3.05) is 13.7 Å². The van der Waals surface area contributed by atoms with Crippen molar-refractivity contribution < 1.29 is 13.9 Å². The quantitative estimate of drug-likeness (QED) is 0.921. The fourth-order valence-corrected chi connectivity index (χ4v) is 2.27. The molecule has 2 aromatic carbocycles. The van der Waals surface area contributed by atoms with E-state index in [9.17, 15) is 9.18 Å². The summed E-state index contributed by atoms with van der Waals surface area (Å²) in [5.41, 5.74) is 7.82. The second kappa shape index (κ2) is 6.70. The molecular weight excluding hydrogens is 293 g/mol. The summed E-state index contributed by atoms with van der Waals surface area (Å²) in [7, 11) is 1.52. The molecule has 0 heterocycles.